The van der Waals surface area contributed by atoms with E-state index in [-0.39, 0.29) is 20.3 Å². The number of terminal acetylenes is 1. The minimum absolute atomic E-state index is 0. The molecule has 0 unspecified atom stereocenters. The first kappa shape index (κ1) is 27.7. The van der Waals surface area contributed by atoms with Crippen LogP contribution in [-0.4, -0.2) is 0 Å². The van der Waals surface area contributed by atoms with Crippen LogP contribution < -0.4 is 0 Å². The highest BCUT2D eigenvalue weighted by Crippen LogP contribution is 2.61. The Hall–Kier alpha value is -3.30. The van der Waals surface area contributed by atoms with Gasteiger partial charge in [-0.3, -0.25) is 0 Å². The van der Waals surface area contributed by atoms with E-state index in [0.717, 1.165) is 0 Å². The number of hydrogen-bond donors (Lipinski definition) is 0. The molecule has 0 saturated carbocycles. The van der Waals surface area contributed by atoms with Gasteiger partial charge in [-0.15, -0.1) is 19.4 Å². The van der Waals surface area contributed by atoms with Crippen LogP contribution in [0.25, 0.3) is 11.1 Å². The lowest BCUT2D eigenvalue weighted by atomic mass is 9.68. The average Bonchev–Trinajstić information content (AvgIpc) is 3.16. The molecular formula is C31H38. The van der Waals surface area contributed by atoms with Crippen LogP contribution >= 0.6 is 0 Å². The third-order valence-corrected chi connectivity index (χ3v) is 5.67. The Bertz CT molecular complexity index is 989. The first-order valence-corrected chi connectivity index (χ1v) is 9.87. The maximum absolute atomic E-state index is 4.18. The van der Waals surface area contributed by atoms with Crippen molar-refractivity contribution in [1.29, 1.82) is 0 Å². The van der Waals surface area contributed by atoms with Crippen molar-refractivity contribution in [1.82, 2.24) is 0 Å². The number of rotatable bonds is 2. The van der Waals surface area contributed by atoms with E-state index in [2.05, 4.69) is 114 Å². The smallest absolute Gasteiger partial charge is 0.0718 e. The van der Waals surface area contributed by atoms with Crippen LogP contribution in [-0.2, 0) is 5.41 Å². The summed E-state index contributed by atoms with van der Waals surface area (Å²) >= 11 is 0. The molecular weight excluding hydrogens is 372 g/mol. The number of hydrogen-bond acceptors (Lipinski definition) is 0. The summed E-state index contributed by atoms with van der Waals surface area (Å²) in [6.45, 7) is 16.0. The third-order valence-electron chi connectivity index (χ3n) is 5.67. The molecule has 2 aliphatic rings. The van der Waals surface area contributed by atoms with Gasteiger partial charge < -0.3 is 0 Å². The van der Waals surface area contributed by atoms with Crippen LogP contribution in [0.2, 0.25) is 0 Å². The zero-order valence-electron chi connectivity index (χ0n) is 18.0. The maximum Gasteiger partial charge on any atom is 0.0718 e. The summed E-state index contributed by atoms with van der Waals surface area (Å²) in [5.74, 6) is 0. The number of fused-ring (bicyclic) bond motifs is 5. The molecule has 0 saturated heterocycles. The second kappa shape index (κ2) is 11.8. The van der Waals surface area contributed by atoms with Gasteiger partial charge in [-0.1, -0.05) is 94.3 Å². The zero-order chi connectivity index (χ0) is 21.6. The molecule has 0 bridgehead atoms. The summed E-state index contributed by atoms with van der Waals surface area (Å²) in [6.07, 6.45) is 16.3. The van der Waals surface area contributed by atoms with Crippen LogP contribution in [0.4, 0.5) is 0 Å². The number of benzene rings is 2. The molecule has 0 radical (unpaired) electrons. The first-order valence-electron chi connectivity index (χ1n) is 9.87. The van der Waals surface area contributed by atoms with Gasteiger partial charge in [0.15, 0.2) is 0 Å². The fourth-order valence-corrected chi connectivity index (χ4v) is 4.65. The van der Waals surface area contributed by atoms with Crippen molar-refractivity contribution >= 4 is 0 Å². The predicted molar refractivity (Wildman–Crippen MR) is 142 cm³/mol. The molecule has 1 spiro atoms. The van der Waals surface area contributed by atoms with E-state index in [4.69, 9.17) is 0 Å². The summed E-state index contributed by atoms with van der Waals surface area (Å²) in [7, 11) is 0. The van der Waals surface area contributed by atoms with Gasteiger partial charge in [0, 0.05) is 0 Å². The second-order valence-electron chi connectivity index (χ2n) is 7.03. The monoisotopic (exact) mass is 410 g/mol. The van der Waals surface area contributed by atoms with E-state index < -0.39 is 0 Å². The second-order valence-corrected chi connectivity index (χ2v) is 7.03. The van der Waals surface area contributed by atoms with Crippen molar-refractivity contribution in [3.05, 3.63) is 119 Å². The van der Waals surface area contributed by atoms with E-state index in [0.29, 0.717) is 0 Å². The third kappa shape index (κ3) is 4.01. The number of allylic oxidation sites excluding steroid dienone is 8. The summed E-state index contributed by atoms with van der Waals surface area (Å²) in [6, 6.07) is 17.7. The van der Waals surface area contributed by atoms with Crippen molar-refractivity contribution in [3.8, 4) is 24.0 Å². The fourth-order valence-electron chi connectivity index (χ4n) is 4.65. The summed E-state index contributed by atoms with van der Waals surface area (Å²) in [4.78, 5) is 0. The molecule has 2 aromatic carbocycles. The van der Waals surface area contributed by atoms with Crippen LogP contribution in [0.1, 0.15) is 53.7 Å². The largest absolute Gasteiger partial charge is 0.124 e. The average molecular weight is 411 g/mol. The molecule has 2 aliphatic carbocycles. The van der Waals surface area contributed by atoms with Crippen molar-refractivity contribution in [2.45, 2.75) is 48.0 Å². The Labute approximate surface area is 191 Å². The molecule has 0 aromatic heterocycles. The van der Waals surface area contributed by atoms with E-state index in [9.17, 15) is 0 Å². The highest BCUT2D eigenvalue weighted by atomic mass is 14.5. The highest BCUT2D eigenvalue weighted by Gasteiger charge is 2.50. The van der Waals surface area contributed by atoms with E-state index >= 15 is 0 Å². The molecule has 31 heavy (non-hydrogen) atoms. The molecule has 4 rings (SSSR count). The van der Waals surface area contributed by atoms with E-state index in [1.54, 1.807) is 6.08 Å². The lowest BCUT2D eigenvalue weighted by molar-refractivity contribution is 0.777. The SMILES string of the molecule is C.C.C#C.C=CC.C=CC1=C(C)C(C)=C(/C=C\C)C12c1ccccc1-c1ccccc12. The van der Waals surface area contributed by atoms with Crippen LogP contribution in [0.5, 0.6) is 0 Å². The van der Waals surface area contributed by atoms with Gasteiger partial charge in [-0.2, -0.15) is 0 Å². The molecule has 0 heterocycles. The maximum atomic E-state index is 4.18. The Morgan fingerprint density at radius 2 is 1.13 bits per heavy atom. The van der Waals surface area contributed by atoms with Gasteiger partial charge >= 0.3 is 0 Å². The Morgan fingerprint density at radius 1 is 0.742 bits per heavy atom. The summed E-state index contributed by atoms with van der Waals surface area (Å²) < 4.78 is 0. The van der Waals surface area contributed by atoms with Gasteiger partial charge in [0.05, 0.1) is 5.41 Å². The molecule has 0 nitrogen and oxygen atoms in total. The lowest BCUT2D eigenvalue weighted by Gasteiger charge is -2.32. The predicted octanol–water partition coefficient (Wildman–Crippen LogP) is 9.08. The Balaban J connectivity index is 0.00000119. The van der Waals surface area contributed by atoms with Crippen LogP contribution in [0.15, 0.2) is 108 Å². The fraction of sp³-hybridized carbons (Fsp3) is 0.226. The topological polar surface area (TPSA) is 0 Å². The quantitative estimate of drug-likeness (QED) is 0.342. The molecule has 0 aliphatic heterocycles. The van der Waals surface area contributed by atoms with Gasteiger partial charge in [0.2, 0.25) is 0 Å². The van der Waals surface area contributed by atoms with E-state index in [1.807, 2.05) is 6.92 Å². The molecule has 0 amide bonds. The molecule has 0 atom stereocenters. The highest BCUT2D eigenvalue weighted by molar-refractivity contribution is 5.89. The van der Waals surface area contributed by atoms with Gasteiger partial charge in [0.25, 0.3) is 0 Å². The Kier molecular flexibility index (Phi) is 10.5. The molecule has 2 aromatic rings. The standard InChI is InChI=1S/C24H22.C3H6.C2H2.2CH4/c1-5-11-21-17(4)16(3)20(6-2)24(21)22-14-9-7-12-18(22)19-13-8-10-15-23(19)24;1-3-2;1-2;;/h5-15H,2H2,1,3-4H3;3H,1H2,2H3;1-2H;2*1H4/b11-5-;;;;. The lowest BCUT2D eigenvalue weighted by Crippen LogP contribution is -2.27. The van der Waals surface area contributed by atoms with Crippen LogP contribution in [0.3, 0.4) is 0 Å². The van der Waals surface area contributed by atoms with Gasteiger partial charge in [-0.25, -0.2) is 0 Å². The normalized spacial score (nSPS) is 14.3. The van der Waals surface area contributed by atoms with Crippen molar-refractivity contribution < 1.29 is 0 Å². The van der Waals surface area contributed by atoms with Crippen molar-refractivity contribution in [3.63, 3.8) is 0 Å². The molecule has 162 valence electrons. The van der Waals surface area contributed by atoms with Gasteiger partial charge in [-0.05, 0) is 72.2 Å². The summed E-state index contributed by atoms with van der Waals surface area (Å²) in [5, 5.41) is 0. The van der Waals surface area contributed by atoms with Crippen molar-refractivity contribution in [2.24, 2.45) is 0 Å². The molecule has 0 heteroatoms. The Morgan fingerprint density at radius 3 is 1.52 bits per heavy atom. The van der Waals surface area contributed by atoms with Crippen molar-refractivity contribution in [2.75, 3.05) is 0 Å². The van der Waals surface area contributed by atoms with Crippen LogP contribution in [0, 0.1) is 12.8 Å². The zero-order valence-corrected chi connectivity index (χ0v) is 18.0. The minimum atomic E-state index is -0.213. The van der Waals surface area contributed by atoms with Gasteiger partial charge in [0.1, 0.15) is 0 Å². The summed E-state index contributed by atoms with van der Waals surface area (Å²) in [5.41, 5.74) is 10.7. The van der Waals surface area contributed by atoms with E-state index in [1.165, 1.54) is 44.5 Å². The molecule has 0 fully saturated rings. The first-order chi connectivity index (χ1) is 14.1. The minimum Gasteiger partial charge on any atom is -0.124 e. The molecule has 0 N–H and O–H groups in total.